The second kappa shape index (κ2) is 9.53. The molecule has 0 amide bonds. The third-order valence-corrected chi connectivity index (χ3v) is 4.77. The Labute approximate surface area is 148 Å². The molecule has 1 aromatic carbocycles. The lowest BCUT2D eigenvalue weighted by Crippen LogP contribution is -2.29. The standard InChI is InChI=1S/C18H23N3S2/c1-14-8-10-19-17(12-14)21-18(22)20-9-5-11-23-13-16-7-4-3-6-15(16)2/h3-4,6-8,10,12H,5,9,11,13H2,1-2H3,(H2,19,20,21,22). The van der Waals surface area contributed by atoms with Crippen LogP contribution in [0.1, 0.15) is 23.1 Å². The summed E-state index contributed by atoms with van der Waals surface area (Å²) in [6.07, 6.45) is 2.86. The number of hydrogen-bond donors (Lipinski definition) is 2. The molecule has 23 heavy (non-hydrogen) atoms. The maximum absolute atomic E-state index is 5.28. The van der Waals surface area contributed by atoms with Crippen molar-refractivity contribution in [2.24, 2.45) is 0 Å². The number of thiocarbonyl (C=S) groups is 1. The van der Waals surface area contributed by atoms with E-state index in [4.69, 9.17) is 12.2 Å². The molecule has 0 aliphatic rings. The Morgan fingerprint density at radius 3 is 2.83 bits per heavy atom. The Bertz CT molecular complexity index is 644. The Morgan fingerprint density at radius 2 is 2.04 bits per heavy atom. The van der Waals surface area contributed by atoms with Crippen molar-refractivity contribution in [2.45, 2.75) is 26.0 Å². The lowest BCUT2D eigenvalue weighted by Gasteiger charge is -2.10. The van der Waals surface area contributed by atoms with Gasteiger partial charge in [-0.3, -0.25) is 0 Å². The number of anilines is 1. The van der Waals surface area contributed by atoms with Crippen LogP contribution >= 0.6 is 24.0 Å². The highest BCUT2D eigenvalue weighted by Crippen LogP contribution is 2.16. The van der Waals surface area contributed by atoms with E-state index >= 15 is 0 Å². The van der Waals surface area contributed by atoms with Crippen molar-refractivity contribution >= 4 is 34.9 Å². The minimum atomic E-state index is 0.631. The molecule has 2 aromatic rings. The fourth-order valence-electron chi connectivity index (χ4n) is 2.10. The number of aromatic nitrogens is 1. The van der Waals surface area contributed by atoms with E-state index in [0.29, 0.717) is 5.11 Å². The van der Waals surface area contributed by atoms with Gasteiger partial charge in [-0.15, -0.1) is 0 Å². The van der Waals surface area contributed by atoms with Crippen molar-refractivity contribution in [3.63, 3.8) is 0 Å². The van der Waals surface area contributed by atoms with Gasteiger partial charge in [-0.2, -0.15) is 11.8 Å². The summed E-state index contributed by atoms with van der Waals surface area (Å²) in [5.41, 5.74) is 3.96. The molecule has 0 aliphatic heterocycles. The maximum Gasteiger partial charge on any atom is 0.171 e. The molecule has 0 fully saturated rings. The molecular formula is C18H23N3S2. The highest BCUT2D eigenvalue weighted by atomic mass is 32.2. The molecule has 2 rings (SSSR count). The van der Waals surface area contributed by atoms with E-state index in [1.165, 1.54) is 11.1 Å². The fraction of sp³-hybridized carbons (Fsp3) is 0.333. The van der Waals surface area contributed by atoms with Crippen molar-refractivity contribution < 1.29 is 0 Å². The van der Waals surface area contributed by atoms with Gasteiger partial charge >= 0.3 is 0 Å². The first kappa shape index (κ1) is 17.8. The predicted molar refractivity (Wildman–Crippen MR) is 105 cm³/mol. The number of hydrogen-bond acceptors (Lipinski definition) is 3. The quantitative estimate of drug-likeness (QED) is 0.578. The van der Waals surface area contributed by atoms with Gasteiger partial charge in [0.05, 0.1) is 0 Å². The molecule has 0 saturated carbocycles. The van der Waals surface area contributed by atoms with Crippen LogP contribution in [0.15, 0.2) is 42.6 Å². The second-order valence-electron chi connectivity index (χ2n) is 5.43. The molecule has 1 aromatic heterocycles. The number of nitrogens with zero attached hydrogens (tertiary/aromatic N) is 1. The summed E-state index contributed by atoms with van der Waals surface area (Å²) in [5, 5.41) is 6.97. The highest BCUT2D eigenvalue weighted by molar-refractivity contribution is 7.98. The number of rotatable bonds is 7. The molecule has 0 spiro atoms. The molecule has 0 bridgehead atoms. The molecule has 0 saturated heterocycles. The van der Waals surface area contributed by atoms with Crippen molar-refractivity contribution in [1.29, 1.82) is 0 Å². The molecule has 0 atom stereocenters. The maximum atomic E-state index is 5.28. The fourth-order valence-corrected chi connectivity index (χ4v) is 3.34. The van der Waals surface area contributed by atoms with Crippen molar-refractivity contribution in [3.05, 3.63) is 59.3 Å². The SMILES string of the molecule is Cc1ccnc(NC(=S)NCCCSCc2ccccc2C)c1. The van der Waals surface area contributed by atoms with Crippen molar-refractivity contribution in [3.8, 4) is 0 Å². The smallest absolute Gasteiger partial charge is 0.171 e. The van der Waals surface area contributed by atoms with Gasteiger partial charge in [0, 0.05) is 18.5 Å². The lowest BCUT2D eigenvalue weighted by molar-refractivity contribution is 0.854. The van der Waals surface area contributed by atoms with Gasteiger partial charge in [0.1, 0.15) is 5.82 Å². The molecule has 1 heterocycles. The predicted octanol–water partition coefficient (Wildman–Crippen LogP) is 4.31. The average molecular weight is 346 g/mol. The van der Waals surface area contributed by atoms with Crippen molar-refractivity contribution in [2.75, 3.05) is 17.6 Å². The number of pyridine rings is 1. The molecular weight excluding hydrogens is 322 g/mol. The van der Waals surface area contributed by atoms with Crippen LogP contribution in [0, 0.1) is 13.8 Å². The summed E-state index contributed by atoms with van der Waals surface area (Å²) >= 11 is 7.24. The second-order valence-corrected chi connectivity index (χ2v) is 6.95. The first-order chi connectivity index (χ1) is 11.1. The van der Waals surface area contributed by atoms with Gasteiger partial charge in [0.25, 0.3) is 0 Å². The van der Waals surface area contributed by atoms with E-state index in [9.17, 15) is 0 Å². The average Bonchev–Trinajstić information content (AvgIpc) is 2.52. The van der Waals surface area contributed by atoms with E-state index in [1.807, 2.05) is 30.8 Å². The Hall–Kier alpha value is -1.59. The Morgan fingerprint density at radius 1 is 1.22 bits per heavy atom. The van der Waals surface area contributed by atoms with Crippen LogP contribution < -0.4 is 10.6 Å². The summed E-state index contributed by atoms with van der Waals surface area (Å²) < 4.78 is 0. The summed E-state index contributed by atoms with van der Waals surface area (Å²) in [5.74, 6) is 2.98. The Balaban J connectivity index is 1.58. The highest BCUT2D eigenvalue weighted by Gasteiger charge is 2.00. The number of thioether (sulfide) groups is 1. The first-order valence-electron chi connectivity index (χ1n) is 7.75. The minimum Gasteiger partial charge on any atom is -0.362 e. The van der Waals surface area contributed by atoms with E-state index in [-0.39, 0.29) is 0 Å². The van der Waals surface area contributed by atoms with Gasteiger partial charge < -0.3 is 10.6 Å². The molecule has 2 N–H and O–H groups in total. The minimum absolute atomic E-state index is 0.631. The Kier molecular flexibility index (Phi) is 7.36. The van der Waals surface area contributed by atoms with Crippen LogP contribution in [0.25, 0.3) is 0 Å². The van der Waals surface area contributed by atoms with E-state index < -0.39 is 0 Å². The van der Waals surface area contributed by atoms with Crippen LogP contribution in [-0.4, -0.2) is 22.4 Å². The summed E-state index contributed by atoms with van der Waals surface area (Å²) in [7, 11) is 0. The van der Waals surface area contributed by atoms with E-state index in [2.05, 4.69) is 46.8 Å². The van der Waals surface area contributed by atoms with Crippen LogP contribution in [0.2, 0.25) is 0 Å². The van der Waals surface area contributed by atoms with Crippen LogP contribution in [0.5, 0.6) is 0 Å². The van der Waals surface area contributed by atoms with Gasteiger partial charge in [-0.05, 0) is 67.1 Å². The molecule has 0 aliphatic carbocycles. The summed E-state index contributed by atoms with van der Waals surface area (Å²) in [4.78, 5) is 4.24. The largest absolute Gasteiger partial charge is 0.362 e. The monoisotopic (exact) mass is 345 g/mol. The number of nitrogens with one attached hydrogen (secondary N) is 2. The number of aryl methyl sites for hydroxylation is 2. The van der Waals surface area contributed by atoms with E-state index in [1.54, 1.807) is 6.20 Å². The molecule has 122 valence electrons. The molecule has 0 radical (unpaired) electrons. The van der Waals surface area contributed by atoms with Gasteiger partial charge in [0.2, 0.25) is 0 Å². The third kappa shape index (κ3) is 6.59. The van der Waals surface area contributed by atoms with Gasteiger partial charge in [-0.25, -0.2) is 4.98 Å². The molecule has 0 unspecified atom stereocenters. The topological polar surface area (TPSA) is 37.0 Å². The first-order valence-corrected chi connectivity index (χ1v) is 9.31. The van der Waals surface area contributed by atoms with Gasteiger partial charge in [0.15, 0.2) is 5.11 Å². The zero-order chi connectivity index (χ0) is 16.5. The van der Waals surface area contributed by atoms with Crippen LogP contribution in [0.4, 0.5) is 5.82 Å². The van der Waals surface area contributed by atoms with Crippen LogP contribution in [-0.2, 0) is 5.75 Å². The van der Waals surface area contributed by atoms with Crippen LogP contribution in [0.3, 0.4) is 0 Å². The number of benzene rings is 1. The normalized spacial score (nSPS) is 10.3. The zero-order valence-corrected chi connectivity index (χ0v) is 15.3. The van der Waals surface area contributed by atoms with Gasteiger partial charge in [-0.1, -0.05) is 24.3 Å². The molecule has 5 heteroatoms. The van der Waals surface area contributed by atoms with Crippen molar-refractivity contribution in [1.82, 2.24) is 10.3 Å². The zero-order valence-electron chi connectivity index (χ0n) is 13.6. The lowest BCUT2D eigenvalue weighted by atomic mass is 10.1. The summed E-state index contributed by atoms with van der Waals surface area (Å²) in [6, 6.07) is 12.5. The third-order valence-electron chi connectivity index (χ3n) is 3.43. The van der Waals surface area contributed by atoms with E-state index in [0.717, 1.165) is 35.9 Å². The summed E-state index contributed by atoms with van der Waals surface area (Å²) in [6.45, 7) is 5.08. The molecule has 3 nitrogen and oxygen atoms in total.